The van der Waals surface area contributed by atoms with Crippen LogP contribution < -0.4 is 10.9 Å². The fourth-order valence-corrected chi connectivity index (χ4v) is 2.88. The minimum absolute atomic E-state index is 0.0409. The van der Waals surface area contributed by atoms with Crippen molar-refractivity contribution in [3.63, 3.8) is 0 Å². The molecule has 164 valence electrons. The number of amides is 1. The molecule has 0 aliphatic carbocycles. The van der Waals surface area contributed by atoms with E-state index in [4.69, 9.17) is 0 Å². The van der Waals surface area contributed by atoms with Gasteiger partial charge in [0, 0.05) is 0 Å². The first-order chi connectivity index (χ1) is 15.2. The third-order valence-corrected chi connectivity index (χ3v) is 4.41. The Hall–Kier alpha value is -4.16. The summed E-state index contributed by atoms with van der Waals surface area (Å²) in [7, 11) is 0. The fraction of sp³-hybridized carbons (Fsp3) is 0.0526. The summed E-state index contributed by atoms with van der Waals surface area (Å²) in [6.45, 7) is -0.844. The van der Waals surface area contributed by atoms with Gasteiger partial charge >= 0.3 is 0 Å². The van der Waals surface area contributed by atoms with Gasteiger partial charge in [-0.1, -0.05) is 0 Å². The van der Waals surface area contributed by atoms with Crippen LogP contribution in [0.1, 0.15) is 0 Å². The molecule has 0 aliphatic rings. The number of carbonyl (C=O) groups is 1. The third kappa shape index (κ3) is 3.46. The van der Waals surface area contributed by atoms with E-state index >= 15 is 0 Å². The zero-order chi connectivity index (χ0) is 23.2. The quantitative estimate of drug-likeness (QED) is 0.293. The first-order valence-corrected chi connectivity index (χ1v) is 8.69. The van der Waals surface area contributed by atoms with E-state index in [0.29, 0.717) is 5.69 Å². The van der Waals surface area contributed by atoms with Gasteiger partial charge in [0.25, 0.3) is 5.56 Å². The highest BCUT2D eigenvalue weighted by Crippen LogP contribution is 2.27. The highest BCUT2D eigenvalue weighted by molar-refractivity contribution is 5.91. The Kier molecular flexibility index (Phi) is 5.16. The Morgan fingerprint density at radius 2 is 1.50 bits per heavy atom. The smallest absolute Gasteiger partial charge is 0.264 e. The number of benzene rings is 2. The molecule has 0 spiro atoms. The molecular formula is C19H9F6N5O2. The van der Waals surface area contributed by atoms with Gasteiger partial charge in [-0.15, -0.1) is 0 Å². The normalized spacial score (nSPS) is 11.2. The van der Waals surface area contributed by atoms with Crippen molar-refractivity contribution in [1.82, 2.24) is 19.3 Å². The minimum atomic E-state index is -2.37. The Balaban J connectivity index is 1.63. The molecule has 4 aromatic rings. The molecule has 7 nitrogen and oxygen atoms in total. The van der Waals surface area contributed by atoms with Crippen LogP contribution >= 0.6 is 0 Å². The number of nitrogens with zero attached hydrogens (tertiary/aromatic N) is 4. The van der Waals surface area contributed by atoms with Crippen LogP contribution in [-0.4, -0.2) is 25.2 Å². The monoisotopic (exact) mass is 453 g/mol. The summed E-state index contributed by atoms with van der Waals surface area (Å²) >= 11 is 0. The lowest BCUT2D eigenvalue weighted by molar-refractivity contribution is -0.116. The number of nitrogens with one attached hydrogen (secondary N) is 1. The molecule has 1 N–H and O–H groups in total. The molecule has 13 heteroatoms. The number of rotatable bonds is 4. The van der Waals surface area contributed by atoms with E-state index in [9.17, 15) is 35.9 Å². The third-order valence-electron chi connectivity index (χ3n) is 4.41. The molecule has 0 unspecified atom stereocenters. The highest BCUT2D eigenvalue weighted by atomic mass is 19.2. The molecule has 0 radical (unpaired) electrons. The van der Waals surface area contributed by atoms with E-state index in [1.165, 1.54) is 28.9 Å². The lowest BCUT2D eigenvalue weighted by atomic mass is 10.2. The Bertz CT molecular complexity index is 1400. The largest absolute Gasteiger partial charge is 0.319 e. The van der Waals surface area contributed by atoms with E-state index in [2.05, 4.69) is 10.1 Å². The summed E-state index contributed by atoms with van der Waals surface area (Å²) in [5.74, 6) is -13.0. The van der Waals surface area contributed by atoms with Crippen molar-refractivity contribution in [3.8, 4) is 5.69 Å². The zero-order valence-corrected chi connectivity index (χ0v) is 15.5. The van der Waals surface area contributed by atoms with E-state index in [1.807, 2.05) is 0 Å². The lowest BCUT2D eigenvalue weighted by Crippen LogP contribution is -2.28. The second kappa shape index (κ2) is 7.83. The van der Waals surface area contributed by atoms with Gasteiger partial charge in [0.1, 0.15) is 29.8 Å². The molecule has 0 fully saturated rings. The van der Waals surface area contributed by atoms with Gasteiger partial charge < -0.3 is 5.32 Å². The number of anilines is 1. The van der Waals surface area contributed by atoms with Gasteiger partial charge in [-0.05, 0) is 24.3 Å². The van der Waals surface area contributed by atoms with Crippen LogP contribution in [0.15, 0.2) is 41.6 Å². The zero-order valence-electron chi connectivity index (χ0n) is 15.5. The van der Waals surface area contributed by atoms with Gasteiger partial charge in [-0.3, -0.25) is 14.2 Å². The maximum Gasteiger partial charge on any atom is 0.264 e. The first-order valence-electron chi connectivity index (χ1n) is 8.69. The highest BCUT2D eigenvalue weighted by Gasteiger charge is 2.27. The summed E-state index contributed by atoms with van der Waals surface area (Å²) < 4.78 is 82.2. The van der Waals surface area contributed by atoms with Crippen LogP contribution in [0.2, 0.25) is 0 Å². The van der Waals surface area contributed by atoms with Crippen molar-refractivity contribution in [2.45, 2.75) is 6.54 Å². The molecule has 0 saturated heterocycles. The number of hydrogen-bond donors (Lipinski definition) is 1. The standard InChI is InChI=1S/C19H9F6N5O2/c20-8-1-3-9(4-2-8)30-18-10(5-27-30)19(32)29(7-26-18)6-11(31)28-17-15(24)13(22)12(21)14(23)16(17)25/h1-5,7H,6H2,(H,28,31). The number of aromatic nitrogens is 4. The fourth-order valence-electron chi connectivity index (χ4n) is 2.88. The van der Waals surface area contributed by atoms with E-state index in [0.717, 1.165) is 17.1 Å². The van der Waals surface area contributed by atoms with Crippen LogP contribution in [0.4, 0.5) is 32.0 Å². The predicted octanol–water partition coefficient (Wildman–Crippen LogP) is 3.06. The van der Waals surface area contributed by atoms with Crippen molar-refractivity contribution in [2.75, 3.05) is 5.32 Å². The first kappa shape index (κ1) is 21.1. The molecular weight excluding hydrogens is 444 g/mol. The summed E-state index contributed by atoms with van der Waals surface area (Å²) in [6, 6.07) is 5.14. The molecule has 32 heavy (non-hydrogen) atoms. The Morgan fingerprint density at radius 3 is 2.12 bits per heavy atom. The SMILES string of the molecule is O=C(Cn1cnc2c(cnn2-c2ccc(F)cc2)c1=O)Nc1c(F)c(F)c(F)c(F)c1F. The van der Waals surface area contributed by atoms with Crippen LogP contribution in [0, 0.1) is 34.9 Å². The van der Waals surface area contributed by atoms with Gasteiger partial charge in [0.05, 0.1) is 11.9 Å². The number of carbonyl (C=O) groups excluding carboxylic acids is 1. The average molecular weight is 453 g/mol. The maximum absolute atomic E-state index is 13.7. The van der Waals surface area contributed by atoms with Crippen molar-refractivity contribution in [1.29, 1.82) is 0 Å². The molecule has 4 rings (SSSR count). The molecule has 2 heterocycles. The molecule has 0 bridgehead atoms. The number of hydrogen-bond acceptors (Lipinski definition) is 4. The van der Waals surface area contributed by atoms with Gasteiger partial charge in [0.2, 0.25) is 11.7 Å². The van der Waals surface area contributed by atoms with Crippen molar-refractivity contribution < 1.29 is 31.1 Å². The second-order valence-corrected chi connectivity index (χ2v) is 6.44. The number of fused-ring (bicyclic) bond motifs is 1. The molecule has 1 amide bonds. The lowest BCUT2D eigenvalue weighted by Gasteiger charge is -2.11. The van der Waals surface area contributed by atoms with E-state index in [-0.39, 0.29) is 11.0 Å². The summed E-state index contributed by atoms with van der Waals surface area (Å²) in [5, 5.41) is 5.52. The van der Waals surface area contributed by atoms with E-state index in [1.54, 1.807) is 5.32 Å². The summed E-state index contributed by atoms with van der Waals surface area (Å²) in [4.78, 5) is 28.7. The van der Waals surface area contributed by atoms with Crippen LogP contribution in [0.3, 0.4) is 0 Å². The van der Waals surface area contributed by atoms with E-state index < -0.39 is 58.6 Å². The summed E-state index contributed by atoms with van der Waals surface area (Å²) in [5.41, 5.74) is -1.83. The van der Waals surface area contributed by atoms with Crippen molar-refractivity contribution in [3.05, 3.63) is 82.0 Å². The Labute approximate surface area is 173 Å². The topological polar surface area (TPSA) is 81.8 Å². The molecule has 0 atom stereocenters. The molecule has 2 aromatic carbocycles. The molecule has 0 saturated carbocycles. The van der Waals surface area contributed by atoms with Gasteiger partial charge in [-0.25, -0.2) is 36.0 Å². The maximum atomic E-state index is 13.7. The van der Waals surface area contributed by atoms with Crippen LogP contribution in [0.25, 0.3) is 16.7 Å². The van der Waals surface area contributed by atoms with Gasteiger partial charge in [-0.2, -0.15) is 5.10 Å². The van der Waals surface area contributed by atoms with Crippen molar-refractivity contribution in [2.24, 2.45) is 0 Å². The second-order valence-electron chi connectivity index (χ2n) is 6.44. The predicted molar refractivity (Wildman–Crippen MR) is 97.9 cm³/mol. The van der Waals surface area contributed by atoms with Crippen LogP contribution in [0.5, 0.6) is 0 Å². The number of halogens is 6. The van der Waals surface area contributed by atoms with Crippen LogP contribution in [-0.2, 0) is 11.3 Å². The summed E-state index contributed by atoms with van der Waals surface area (Å²) in [6.07, 6.45) is 2.08. The average Bonchev–Trinajstić information content (AvgIpc) is 3.21. The van der Waals surface area contributed by atoms with Crippen molar-refractivity contribution >= 4 is 22.6 Å². The van der Waals surface area contributed by atoms with Gasteiger partial charge in [0.15, 0.2) is 28.9 Å². The minimum Gasteiger partial charge on any atom is -0.319 e. The Morgan fingerprint density at radius 1 is 0.906 bits per heavy atom. The molecule has 0 aliphatic heterocycles. The molecule has 2 aromatic heterocycles.